The first-order valence-electron chi connectivity index (χ1n) is 12.4. The molecule has 0 saturated heterocycles. The number of nitrogens with two attached hydrogens (primary N) is 2. The van der Waals surface area contributed by atoms with Gasteiger partial charge in [-0.15, -0.1) is 0 Å². The fourth-order valence-corrected chi connectivity index (χ4v) is 3.87. The van der Waals surface area contributed by atoms with E-state index in [-0.39, 0.29) is 24.0 Å². The largest absolute Gasteiger partial charge is 0.456 e. The van der Waals surface area contributed by atoms with Crippen LogP contribution in [0.25, 0.3) is 0 Å². The lowest BCUT2D eigenvalue weighted by Crippen LogP contribution is -2.56. The molecule has 2 rings (SSSR count). The van der Waals surface area contributed by atoms with Crippen LogP contribution in [-0.4, -0.2) is 43.7 Å². The molecular weight excluding hydrogens is 564 g/mol. The Hall–Kier alpha value is -5.10. The summed E-state index contributed by atoms with van der Waals surface area (Å²) in [5, 5.41) is 44.8. The van der Waals surface area contributed by atoms with Gasteiger partial charge in [-0.2, -0.15) is 0 Å². The van der Waals surface area contributed by atoms with Crippen molar-refractivity contribution in [1.29, 1.82) is 0 Å². The minimum Gasteiger partial charge on any atom is -0.456 e. The Morgan fingerprint density at radius 3 is 1.43 bits per heavy atom. The van der Waals surface area contributed by atoms with Crippen molar-refractivity contribution < 1.29 is 38.8 Å². The maximum atomic E-state index is 13.2. The van der Waals surface area contributed by atoms with E-state index in [1.165, 1.54) is 13.8 Å². The molecule has 18 heteroatoms. The molecule has 0 radical (unpaired) electrons. The molecule has 4 N–H and O–H groups in total. The first-order chi connectivity index (χ1) is 19.6. The van der Waals surface area contributed by atoms with Crippen molar-refractivity contribution in [2.24, 2.45) is 11.5 Å². The molecule has 2 unspecified atom stereocenters. The summed E-state index contributed by atoms with van der Waals surface area (Å²) in [4.78, 5) is 67.5. The topological polar surface area (TPSA) is 277 Å². The Bertz CT molecular complexity index is 1300. The molecule has 0 bridgehead atoms. The van der Waals surface area contributed by atoms with Gasteiger partial charge in [0.2, 0.25) is 5.54 Å². The van der Waals surface area contributed by atoms with Gasteiger partial charge in [-0.3, -0.25) is 40.5 Å². The van der Waals surface area contributed by atoms with Gasteiger partial charge in [-0.05, 0) is 56.5 Å². The highest BCUT2D eigenvalue weighted by molar-refractivity contribution is 6.04. The van der Waals surface area contributed by atoms with Gasteiger partial charge in [-0.25, -0.2) is 9.59 Å². The van der Waals surface area contributed by atoms with Gasteiger partial charge in [0.15, 0.2) is 0 Å². The maximum absolute atomic E-state index is 13.2. The van der Waals surface area contributed by atoms with Crippen LogP contribution < -0.4 is 11.5 Å². The number of benzene rings is 2. The third kappa shape index (κ3) is 7.76. The number of esters is 2. The Kier molecular flexibility index (Phi) is 11.0. The van der Waals surface area contributed by atoms with Gasteiger partial charge >= 0.3 is 34.7 Å². The molecule has 0 saturated carbocycles. The number of hydrogen-bond donors (Lipinski definition) is 2. The van der Waals surface area contributed by atoms with Gasteiger partial charge in [0.25, 0.3) is 0 Å². The van der Waals surface area contributed by atoms with Crippen LogP contribution in [0, 0.1) is 40.5 Å². The molecule has 42 heavy (non-hydrogen) atoms. The molecule has 0 spiro atoms. The van der Waals surface area contributed by atoms with Gasteiger partial charge in [0.05, 0.1) is 19.7 Å². The second-order valence-corrected chi connectivity index (χ2v) is 9.19. The fraction of sp³-hybridized carbons (Fsp3) is 0.417. The van der Waals surface area contributed by atoms with Crippen molar-refractivity contribution in [3.05, 3.63) is 88.0 Å². The van der Waals surface area contributed by atoms with Crippen LogP contribution >= 0.6 is 0 Å². The summed E-state index contributed by atoms with van der Waals surface area (Å²) in [6.45, 7) is 2.95. The summed E-state index contributed by atoms with van der Waals surface area (Å²) >= 11 is 0. The van der Waals surface area contributed by atoms with Crippen LogP contribution in [0.3, 0.4) is 0 Å². The zero-order chi connectivity index (χ0) is 31.8. The number of rotatable bonds is 15. The third-order valence-electron chi connectivity index (χ3n) is 6.30. The molecule has 0 amide bonds. The third-order valence-corrected chi connectivity index (χ3v) is 6.30. The zero-order valence-electron chi connectivity index (χ0n) is 22.5. The number of carbonyl (C=O) groups is 2. The molecule has 0 aliphatic heterocycles. The van der Waals surface area contributed by atoms with Crippen molar-refractivity contribution in [2.45, 2.75) is 57.3 Å². The van der Waals surface area contributed by atoms with E-state index in [9.17, 15) is 50.0 Å². The lowest BCUT2D eigenvalue weighted by Gasteiger charge is -2.28. The van der Waals surface area contributed by atoms with E-state index in [2.05, 4.69) is 0 Å². The smallest absolute Gasteiger partial charge is 0.346 e. The predicted molar refractivity (Wildman–Crippen MR) is 143 cm³/mol. The van der Waals surface area contributed by atoms with E-state index in [1.54, 1.807) is 0 Å². The highest BCUT2D eigenvalue weighted by Gasteiger charge is 2.46. The van der Waals surface area contributed by atoms with Crippen molar-refractivity contribution in [2.75, 3.05) is 6.54 Å². The van der Waals surface area contributed by atoms with Gasteiger partial charge in [0.1, 0.15) is 12.2 Å². The molecule has 0 fully saturated rings. The Morgan fingerprint density at radius 1 is 0.714 bits per heavy atom. The monoisotopic (exact) mass is 592 g/mol. The number of carbonyl (C=O) groups excluding carboxylic acids is 2. The first kappa shape index (κ1) is 33.1. The minimum absolute atomic E-state index is 0.00561. The summed E-state index contributed by atoms with van der Waals surface area (Å²) in [7, 11) is 0. The molecule has 2 atom stereocenters. The van der Waals surface area contributed by atoms with Gasteiger partial charge in [-0.1, -0.05) is 12.8 Å². The Morgan fingerprint density at radius 2 is 1.10 bits per heavy atom. The van der Waals surface area contributed by atoms with Crippen LogP contribution in [0.5, 0.6) is 0 Å². The number of unbranched alkanes of at least 4 members (excludes halogenated alkanes) is 2. The maximum Gasteiger partial charge on any atom is 0.346 e. The molecule has 226 valence electrons. The SMILES string of the molecule is CC(OC(=O)C(N)(CCCCCN)C(=O)OC(C)c1ccc([N+](=O)[O-])c([N+](=O)[O-])c1)c1ccc([N+](=O)[O-])c([N+](=O)[O-])c1. The molecular formula is C24H28N6O12. The average molecular weight is 593 g/mol. The number of hydrogen-bond acceptors (Lipinski definition) is 14. The summed E-state index contributed by atoms with van der Waals surface area (Å²) in [6, 6.07) is 5.75. The normalized spacial score (nSPS) is 13.7. The van der Waals surface area contributed by atoms with Crippen molar-refractivity contribution in [3.8, 4) is 0 Å². The minimum atomic E-state index is -2.41. The van der Waals surface area contributed by atoms with E-state index < -0.39 is 72.1 Å². The van der Waals surface area contributed by atoms with Crippen molar-refractivity contribution >= 4 is 34.7 Å². The Labute approximate surface area is 237 Å². The number of nitro groups is 4. The Balaban J connectivity index is 2.35. The molecule has 0 aliphatic carbocycles. The van der Waals surface area contributed by atoms with Crippen LogP contribution in [0.15, 0.2) is 36.4 Å². The number of ether oxygens (including phenoxy) is 2. The second-order valence-electron chi connectivity index (χ2n) is 9.19. The predicted octanol–water partition coefficient (Wildman–Crippen LogP) is 3.44. The average Bonchev–Trinajstić information content (AvgIpc) is 2.93. The zero-order valence-corrected chi connectivity index (χ0v) is 22.5. The standard InChI is InChI=1S/C24H28N6O12/c1-14(16-6-8-18(27(33)34)20(12-16)29(37)38)41-22(31)24(26,10-4-3-5-11-25)23(32)42-15(2)17-7-9-19(28(35)36)21(13-17)30(39)40/h6-9,12-15H,3-5,10-11,25-26H2,1-2H3. The number of nitrogens with zero attached hydrogens (tertiary/aromatic N) is 4. The molecule has 0 aliphatic rings. The highest BCUT2D eigenvalue weighted by atomic mass is 16.6. The van der Waals surface area contributed by atoms with E-state index in [0.717, 1.165) is 36.4 Å². The van der Waals surface area contributed by atoms with Gasteiger partial charge in [0, 0.05) is 24.3 Å². The van der Waals surface area contributed by atoms with E-state index in [0.29, 0.717) is 19.4 Å². The van der Waals surface area contributed by atoms with Crippen LogP contribution in [0.1, 0.15) is 62.9 Å². The summed E-state index contributed by atoms with van der Waals surface area (Å²) in [6.07, 6.45) is -1.51. The lowest BCUT2D eigenvalue weighted by molar-refractivity contribution is -0.422. The fourth-order valence-electron chi connectivity index (χ4n) is 3.87. The molecule has 18 nitrogen and oxygen atoms in total. The first-order valence-corrected chi connectivity index (χ1v) is 12.4. The van der Waals surface area contributed by atoms with Crippen LogP contribution in [-0.2, 0) is 19.1 Å². The molecule has 2 aromatic carbocycles. The van der Waals surface area contributed by atoms with E-state index in [1.807, 2.05) is 0 Å². The van der Waals surface area contributed by atoms with E-state index in [4.69, 9.17) is 20.9 Å². The highest BCUT2D eigenvalue weighted by Crippen LogP contribution is 2.33. The van der Waals surface area contributed by atoms with Gasteiger partial charge < -0.3 is 20.9 Å². The number of nitro benzene ring substituents is 4. The second kappa shape index (κ2) is 14.0. The lowest BCUT2D eigenvalue weighted by atomic mass is 9.92. The van der Waals surface area contributed by atoms with Crippen molar-refractivity contribution in [3.63, 3.8) is 0 Å². The molecule has 0 aromatic heterocycles. The summed E-state index contributed by atoms with van der Waals surface area (Å²) < 4.78 is 10.7. The van der Waals surface area contributed by atoms with Crippen molar-refractivity contribution in [1.82, 2.24) is 0 Å². The summed E-state index contributed by atoms with van der Waals surface area (Å²) in [5.74, 6) is -2.54. The molecule has 0 heterocycles. The summed E-state index contributed by atoms with van der Waals surface area (Å²) in [5.41, 5.74) is 6.08. The molecule has 2 aromatic rings. The van der Waals surface area contributed by atoms with E-state index >= 15 is 0 Å². The van der Waals surface area contributed by atoms with Crippen LogP contribution in [0.4, 0.5) is 22.7 Å². The quantitative estimate of drug-likeness (QED) is 0.0985. The van der Waals surface area contributed by atoms with Crippen LogP contribution in [0.2, 0.25) is 0 Å².